The standard InChI is InChI=1S/C12H24N2O4/c1-9(5-12(13)16)14-6-10(15)7-17-8-11-3-2-4-18-11/h9-11,14-15H,2-8H2,1H3,(H2,13,16). The third-order valence-electron chi connectivity index (χ3n) is 2.85. The summed E-state index contributed by atoms with van der Waals surface area (Å²) < 4.78 is 10.8. The minimum absolute atomic E-state index is 0.0321. The molecule has 1 heterocycles. The summed E-state index contributed by atoms with van der Waals surface area (Å²) in [5, 5.41) is 12.7. The topological polar surface area (TPSA) is 93.8 Å². The van der Waals surface area contributed by atoms with Gasteiger partial charge in [-0.3, -0.25) is 4.79 Å². The normalized spacial score (nSPS) is 22.9. The lowest BCUT2D eigenvalue weighted by molar-refractivity contribution is -0.118. The maximum Gasteiger partial charge on any atom is 0.218 e. The largest absolute Gasteiger partial charge is 0.389 e. The fourth-order valence-corrected chi connectivity index (χ4v) is 1.88. The van der Waals surface area contributed by atoms with Crippen molar-refractivity contribution in [3.8, 4) is 0 Å². The van der Waals surface area contributed by atoms with E-state index >= 15 is 0 Å². The molecule has 1 aliphatic heterocycles. The first kappa shape index (κ1) is 15.4. The van der Waals surface area contributed by atoms with Crippen LogP contribution in [-0.2, 0) is 14.3 Å². The van der Waals surface area contributed by atoms with E-state index in [0.717, 1.165) is 19.4 Å². The second kappa shape index (κ2) is 8.42. The Kier molecular flexibility index (Phi) is 7.19. The third-order valence-corrected chi connectivity index (χ3v) is 2.85. The van der Waals surface area contributed by atoms with Gasteiger partial charge in [0, 0.05) is 25.6 Å². The molecule has 6 heteroatoms. The Morgan fingerprint density at radius 3 is 3.06 bits per heavy atom. The molecule has 0 aliphatic carbocycles. The van der Waals surface area contributed by atoms with Gasteiger partial charge >= 0.3 is 0 Å². The zero-order valence-corrected chi connectivity index (χ0v) is 10.9. The minimum atomic E-state index is -0.582. The van der Waals surface area contributed by atoms with Crippen LogP contribution in [0.1, 0.15) is 26.2 Å². The van der Waals surface area contributed by atoms with Gasteiger partial charge in [0.15, 0.2) is 0 Å². The van der Waals surface area contributed by atoms with Crippen molar-refractivity contribution in [3.05, 3.63) is 0 Å². The first-order valence-electron chi connectivity index (χ1n) is 6.47. The van der Waals surface area contributed by atoms with Gasteiger partial charge < -0.3 is 25.6 Å². The van der Waals surface area contributed by atoms with E-state index in [1.54, 1.807) is 0 Å². The van der Waals surface area contributed by atoms with Crippen molar-refractivity contribution < 1.29 is 19.4 Å². The summed E-state index contributed by atoms with van der Waals surface area (Å²) in [6, 6.07) is -0.0321. The van der Waals surface area contributed by atoms with Crippen molar-refractivity contribution in [3.63, 3.8) is 0 Å². The molecular weight excluding hydrogens is 236 g/mol. The van der Waals surface area contributed by atoms with E-state index in [2.05, 4.69) is 5.32 Å². The Bertz CT molecular complexity index is 244. The highest BCUT2D eigenvalue weighted by molar-refractivity contribution is 5.74. The predicted octanol–water partition coefficient (Wildman–Crippen LogP) is -0.604. The van der Waals surface area contributed by atoms with Gasteiger partial charge in [-0.15, -0.1) is 0 Å². The number of primary amides is 1. The first-order valence-corrected chi connectivity index (χ1v) is 6.47. The highest BCUT2D eigenvalue weighted by atomic mass is 16.5. The van der Waals surface area contributed by atoms with Crippen LogP contribution < -0.4 is 11.1 Å². The van der Waals surface area contributed by atoms with Crippen LogP contribution in [0, 0.1) is 0 Å². The van der Waals surface area contributed by atoms with Gasteiger partial charge in [-0.1, -0.05) is 0 Å². The van der Waals surface area contributed by atoms with Crippen LogP contribution >= 0.6 is 0 Å². The van der Waals surface area contributed by atoms with Gasteiger partial charge in [-0.25, -0.2) is 0 Å². The van der Waals surface area contributed by atoms with Crippen LogP contribution in [-0.4, -0.2) is 55.6 Å². The second-order valence-corrected chi connectivity index (χ2v) is 4.81. The molecule has 106 valence electrons. The van der Waals surface area contributed by atoms with Crippen molar-refractivity contribution in [2.75, 3.05) is 26.4 Å². The van der Waals surface area contributed by atoms with Gasteiger partial charge in [-0.05, 0) is 19.8 Å². The SMILES string of the molecule is CC(CC(N)=O)NCC(O)COCC1CCCO1. The van der Waals surface area contributed by atoms with E-state index in [1.807, 2.05) is 6.92 Å². The smallest absolute Gasteiger partial charge is 0.218 e. The second-order valence-electron chi connectivity index (χ2n) is 4.81. The minimum Gasteiger partial charge on any atom is -0.389 e. The van der Waals surface area contributed by atoms with E-state index in [4.69, 9.17) is 15.2 Å². The number of nitrogens with one attached hydrogen (secondary N) is 1. The lowest BCUT2D eigenvalue weighted by Crippen LogP contribution is -2.38. The Hall–Kier alpha value is -0.690. The maximum atomic E-state index is 10.7. The van der Waals surface area contributed by atoms with Crippen LogP contribution in [0.2, 0.25) is 0 Å². The molecule has 1 fully saturated rings. The molecule has 1 amide bonds. The molecule has 6 nitrogen and oxygen atoms in total. The number of ether oxygens (including phenoxy) is 2. The van der Waals surface area contributed by atoms with E-state index in [0.29, 0.717) is 13.2 Å². The van der Waals surface area contributed by atoms with E-state index in [-0.39, 0.29) is 31.1 Å². The monoisotopic (exact) mass is 260 g/mol. The summed E-state index contributed by atoms with van der Waals surface area (Å²) in [6.45, 7) is 3.86. The lowest BCUT2D eigenvalue weighted by Gasteiger charge is -2.17. The van der Waals surface area contributed by atoms with Crippen molar-refractivity contribution in [2.45, 2.75) is 44.4 Å². The van der Waals surface area contributed by atoms with Crippen molar-refractivity contribution in [1.29, 1.82) is 0 Å². The molecule has 4 N–H and O–H groups in total. The molecule has 1 aliphatic rings. The van der Waals surface area contributed by atoms with Gasteiger partial charge in [0.1, 0.15) is 0 Å². The number of hydrogen-bond donors (Lipinski definition) is 3. The molecule has 0 bridgehead atoms. The predicted molar refractivity (Wildman–Crippen MR) is 67.1 cm³/mol. The van der Waals surface area contributed by atoms with Crippen LogP contribution in [0.15, 0.2) is 0 Å². The van der Waals surface area contributed by atoms with Crippen molar-refractivity contribution in [1.82, 2.24) is 5.32 Å². The summed E-state index contributed by atoms with van der Waals surface area (Å²) >= 11 is 0. The maximum absolute atomic E-state index is 10.7. The van der Waals surface area contributed by atoms with Gasteiger partial charge in [0.25, 0.3) is 0 Å². The molecule has 3 unspecified atom stereocenters. The van der Waals surface area contributed by atoms with Crippen LogP contribution in [0.3, 0.4) is 0 Å². The molecule has 0 aromatic rings. The summed E-state index contributed by atoms with van der Waals surface area (Å²) in [5.41, 5.74) is 5.07. The molecule has 3 atom stereocenters. The molecule has 0 aromatic heterocycles. The van der Waals surface area contributed by atoms with Gasteiger partial charge in [0.05, 0.1) is 25.4 Å². The van der Waals surface area contributed by atoms with Gasteiger partial charge in [-0.2, -0.15) is 0 Å². The van der Waals surface area contributed by atoms with E-state index < -0.39 is 6.10 Å². The summed E-state index contributed by atoms with van der Waals surface area (Å²) in [6.07, 6.45) is 1.98. The van der Waals surface area contributed by atoms with Crippen molar-refractivity contribution >= 4 is 5.91 Å². The van der Waals surface area contributed by atoms with Crippen LogP contribution in [0.25, 0.3) is 0 Å². The zero-order valence-electron chi connectivity index (χ0n) is 10.9. The highest BCUT2D eigenvalue weighted by Crippen LogP contribution is 2.11. The summed E-state index contributed by atoms with van der Waals surface area (Å²) in [7, 11) is 0. The van der Waals surface area contributed by atoms with Gasteiger partial charge in [0.2, 0.25) is 5.91 Å². The average Bonchev–Trinajstić information content (AvgIpc) is 2.78. The van der Waals surface area contributed by atoms with Crippen LogP contribution in [0.5, 0.6) is 0 Å². The number of aliphatic hydroxyl groups excluding tert-OH is 1. The first-order chi connectivity index (χ1) is 8.58. The van der Waals surface area contributed by atoms with Crippen LogP contribution in [0.4, 0.5) is 0 Å². The van der Waals surface area contributed by atoms with E-state index in [1.165, 1.54) is 0 Å². The molecule has 0 aromatic carbocycles. The molecule has 0 radical (unpaired) electrons. The molecule has 0 saturated carbocycles. The molecular formula is C12H24N2O4. The molecule has 18 heavy (non-hydrogen) atoms. The summed E-state index contributed by atoms with van der Waals surface area (Å²) in [5.74, 6) is -0.348. The number of carbonyl (C=O) groups is 1. The molecule has 1 rings (SSSR count). The Balaban J connectivity index is 1.99. The fraction of sp³-hybridized carbons (Fsp3) is 0.917. The number of nitrogens with two attached hydrogens (primary N) is 1. The molecule has 0 spiro atoms. The Labute approximate surface area is 108 Å². The van der Waals surface area contributed by atoms with E-state index in [9.17, 15) is 9.90 Å². The number of rotatable bonds is 9. The number of carbonyl (C=O) groups excluding carboxylic acids is 1. The highest BCUT2D eigenvalue weighted by Gasteiger charge is 2.16. The Morgan fingerprint density at radius 2 is 2.44 bits per heavy atom. The average molecular weight is 260 g/mol. The quantitative estimate of drug-likeness (QED) is 0.514. The number of hydrogen-bond acceptors (Lipinski definition) is 5. The molecule has 1 saturated heterocycles. The lowest BCUT2D eigenvalue weighted by atomic mass is 10.2. The summed E-state index contributed by atoms with van der Waals surface area (Å²) in [4.78, 5) is 10.7. The zero-order chi connectivity index (χ0) is 13.4. The van der Waals surface area contributed by atoms with Crippen molar-refractivity contribution in [2.24, 2.45) is 5.73 Å². The fourth-order valence-electron chi connectivity index (χ4n) is 1.88. The number of amides is 1. The third kappa shape index (κ3) is 6.90. The number of aliphatic hydroxyl groups is 1. The Morgan fingerprint density at radius 1 is 1.67 bits per heavy atom.